The number of hydroxylamine groups is 3. The van der Waals surface area contributed by atoms with Crippen LogP contribution >= 0.6 is 0 Å². The molecule has 0 bridgehead atoms. The minimum absolute atomic E-state index is 0.0931. The molecule has 2 rings (SSSR count). The lowest BCUT2D eigenvalue weighted by Gasteiger charge is -2.27. The topological polar surface area (TPSA) is 80.7 Å². The molecule has 1 aliphatic rings. The molecule has 0 aliphatic carbocycles. The molecule has 0 unspecified atom stereocenters. The zero-order chi connectivity index (χ0) is 16.6. The maximum atomic E-state index is 12.5. The molecule has 0 saturated carbocycles. The van der Waals surface area contributed by atoms with Crippen molar-refractivity contribution in [1.29, 1.82) is 0 Å². The average Bonchev–Trinajstić information content (AvgIpc) is 2.58. The highest BCUT2D eigenvalue weighted by molar-refractivity contribution is 7.87. The largest absolute Gasteiger partial charge is 0.548 e. The highest BCUT2D eigenvalue weighted by atomic mass is 32.2. The number of fused-ring (bicyclic) bond motifs is 1. The van der Waals surface area contributed by atoms with Crippen molar-refractivity contribution in [3.8, 4) is 0 Å². The Morgan fingerprint density at radius 2 is 1.59 bits per heavy atom. The summed E-state index contributed by atoms with van der Waals surface area (Å²) in [4.78, 5) is 11.4. The number of hydrogen-bond donors (Lipinski definition) is 1. The summed E-state index contributed by atoms with van der Waals surface area (Å²) in [5, 5.41) is 9.24. The molecule has 0 radical (unpaired) electrons. The molecule has 0 saturated heterocycles. The molecule has 0 aromatic heterocycles. The number of alkyl halides is 3. The van der Waals surface area contributed by atoms with E-state index in [0.29, 0.717) is 0 Å². The first-order valence-corrected chi connectivity index (χ1v) is 7.68. The molecule has 0 atom stereocenters. The highest BCUT2D eigenvalue weighted by Gasteiger charge is 2.56. The Morgan fingerprint density at radius 1 is 1.14 bits per heavy atom. The van der Waals surface area contributed by atoms with E-state index >= 15 is 0 Å². The Kier molecular flexibility index (Phi) is 4.20. The minimum Gasteiger partial charge on any atom is -0.433 e. The maximum absolute atomic E-state index is 12.5. The minimum atomic E-state index is -6.01. The molecule has 1 aliphatic heterocycles. The van der Waals surface area contributed by atoms with Crippen LogP contribution in [0.1, 0.15) is 11.1 Å². The number of hydrogen-bond acceptors (Lipinski definition) is 4. The molecular formula is C12H13F3NO5S+. The number of rotatable bonds is 2. The van der Waals surface area contributed by atoms with E-state index in [-0.39, 0.29) is 12.8 Å². The van der Waals surface area contributed by atoms with E-state index in [1.54, 1.807) is 24.3 Å². The van der Waals surface area contributed by atoms with Crippen LogP contribution in [0.2, 0.25) is 0 Å². The second kappa shape index (κ2) is 5.52. The first-order chi connectivity index (χ1) is 10.1. The van der Waals surface area contributed by atoms with E-state index in [4.69, 9.17) is 0 Å². The fourth-order valence-corrected chi connectivity index (χ4v) is 2.96. The SMILES string of the molecule is O=C(O)[N+]1(OS(=O)(=O)C(F)(F)F)CCc2ccccc2CC1. The standard InChI is InChI=1S/C12H12F3NO5S/c13-12(14,15)22(19,20)21-16(11(17)18)7-5-9-3-1-2-4-10(9)6-8-16/h1-4H,5-8H2/p+1. The molecular weight excluding hydrogens is 327 g/mol. The maximum Gasteiger partial charge on any atom is 0.548 e. The van der Waals surface area contributed by atoms with Crippen molar-refractivity contribution >= 4 is 16.2 Å². The Morgan fingerprint density at radius 3 is 1.95 bits per heavy atom. The van der Waals surface area contributed by atoms with Gasteiger partial charge in [-0.05, 0) is 11.1 Å². The summed E-state index contributed by atoms with van der Waals surface area (Å²) >= 11 is 0. The summed E-state index contributed by atoms with van der Waals surface area (Å²) in [5.74, 6) is 0. The first kappa shape index (κ1) is 16.7. The number of carboxylic acid groups (broad SMARTS) is 1. The van der Waals surface area contributed by atoms with Crippen LogP contribution in [-0.4, -0.2) is 42.9 Å². The van der Waals surface area contributed by atoms with Gasteiger partial charge in [-0.2, -0.15) is 26.4 Å². The van der Waals surface area contributed by atoms with Crippen molar-refractivity contribution in [2.45, 2.75) is 18.3 Å². The van der Waals surface area contributed by atoms with Crippen LogP contribution in [0.25, 0.3) is 0 Å². The van der Waals surface area contributed by atoms with Gasteiger partial charge in [0.05, 0.1) is 0 Å². The smallest absolute Gasteiger partial charge is 0.433 e. The number of amides is 1. The van der Waals surface area contributed by atoms with Gasteiger partial charge in [0, 0.05) is 12.8 Å². The zero-order valence-corrected chi connectivity index (χ0v) is 12.0. The lowest BCUT2D eigenvalue weighted by Crippen LogP contribution is -2.56. The summed E-state index contributed by atoms with van der Waals surface area (Å²) in [6.07, 6.45) is -1.59. The molecule has 1 aromatic carbocycles. The van der Waals surface area contributed by atoms with Crippen molar-refractivity contribution in [3.63, 3.8) is 0 Å². The van der Waals surface area contributed by atoms with Gasteiger partial charge in [-0.15, -0.1) is 0 Å². The van der Waals surface area contributed by atoms with Crippen LogP contribution in [0.15, 0.2) is 24.3 Å². The van der Waals surface area contributed by atoms with Crippen LogP contribution < -0.4 is 0 Å². The van der Waals surface area contributed by atoms with Crippen LogP contribution in [0.3, 0.4) is 0 Å². The van der Waals surface area contributed by atoms with Crippen LogP contribution in [-0.2, 0) is 27.2 Å². The second-order valence-corrected chi connectivity index (χ2v) is 6.38. The van der Waals surface area contributed by atoms with E-state index in [0.717, 1.165) is 11.1 Å². The number of carbonyl (C=O) groups is 1. The Balaban J connectivity index is 2.35. The third-order valence-electron chi connectivity index (χ3n) is 3.48. The number of benzene rings is 1. The van der Waals surface area contributed by atoms with Gasteiger partial charge in [0.1, 0.15) is 13.1 Å². The highest BCUT2D eigenvalue weighted by Crippen LogP contribution is 2.30. The molecule has 122 valence electrons. The van der Waals surface area contributed by atoms with Gasteiger partial charge in [-0.25, -0.2) is 0 Å². The van der Waals surface area contributed by atoms with Crippen LogP contribution in [0.5, 0.6) is 0 Å². The lowest BCUT2D eigenvalue weighted by molar-refractivity contribution is -1.02. The average molecular weight is 340 g/mol. The van der Waals surface area contributed by atoms with E-state index in [9.17, 15) is 31.5 Å². The molecule has 0 spiro atoms. The second-order valence-electron chi connectivity index (χ2n) is 4.86. The molecule has 6 nitrogen and oxygen atoms in total. The van der Waals surface area contributed by atoms with E-state index < -0.39 is 39.5 Å². The van der Waals surface area contributed by atoms with E-state index in [2.05, 4.69) is 4.28 Å². The summed E-state index contributed by atoms with van der Waals surface area (Å²) in [6, 6.07) is 6.87. The number of quaternary nitrogens is 1. The quantitative estimate of drug-likeness (QED) is 0.658. The van der Waals surface area contributed by atoms with Gasteiger partial charge in [0.15, 0.2) is 0 Å². The summed E-state index contributed by atoms with van der Waals surface area (Å²) < 4.78 is 62.2. The zero-order valence-electron chi connectivity index (χ0n) is 11.2. The normalized spacial score (nSPS) is 18.3. The molecule has 1 N–H and O–H groups in total. The van der Waals surface area contributed by atoms with Crippen molar-refractivity contribution in [1.82, 2.24) is 0 Å². The molecule has 10 heteroatoms. The van der Waals surface area contributed by atoms with Gasteiger partial charge in [0.2, 0.25) is 0 Å². The Bertz CT molecular complexity index is 659. The van der Waals surface area contributed by atoms with E-state index in [1.807, 2.05) is 0 Å². The Labute approximate surface area is 124 Å². The fraction of sp³-hybridized carbons (Fsp3) is 0.417. The van der Waals surface area contributed by atoms with Gasteiger partial charge < -0.3 is 5.11 Å². The van der Waals surface area contributed by atoms with Crippen molar-refractivity contribution in [2.75, 3.05) is 13.1 Å². The third kappa shape index (κ3) is 3.08. The molecule has 22 heavy (non-hydrogen) atoms. The van der Waals surface area contributed by atoms with Crippen LogP contribution in [0.4, 0.5) is 18.0 Å². The van der Waals surface area contributed by atoms with Crippen molar-refractivity contribution in [2.24, 2.45) is 0 Å². The van der Waals surface area contributed by atoms with Gasteiger partial charge in [0.25, 0.3) is 0 Å². The molecule has 1 aromatic rings. The van der Waals surface area contributed by atoms with Gasteiger partial charge >= 0.3 is 21.7 Å². The number of nitrogens with zero attached hydrogens (tertiary/aromatic N) is 1. The number of halogens is 3. The van der Waals surface area contributed by atoms with Gasteiger partial charge in [-0.3, -0.25) is 0 Å². The van der Waals surface area contributed by atoms with Crippen molar-refractivity contribution < 1.29 is 40.4 Å². The van der Waals surface area contributed by atoms with Gasteiger partial charge in [-0.1, -0.05) is 33.2 Å². The van der Waals surface area contributed by atoms with E-state index in [1.165, 1.54) is 0 Å². The van der Waals surface area contributed by atoms with Crippen molar-refractivity contribution in [3.05, 3.63) is 35.4 Å². The summed E-state index contributed by atoms with van der Waals surface area (Å²) in [6.45, 7) is -0.830. The van der Waals surface area contributed by atoms with Crippen LogP contribution in [0, 0.1) is 0 Å². The summed E-state index contributed by atoms with van der Waals surface area (Å²) in [5.41, 5.74) is -4.15. The summed E-state index contributed by atoms with van der Waals surface area (Å²) in [7, 11) is -6.01. The third-order valence-corrected chi connectivity index (χ3v) is 4.52. The lowest BCUT2D eigenvalue weighted by atomic mass is 10.0. The first-order valence-electron chi connectivity index (χ1n) is 6.27. The Hall–Kier alpha value is -1.65. The molecule has 1 amide bonds. The fourth-order valence-electron chi connectivity index (χ4n) is 2.29. The predicted molar refractivity (Wildman–Crippen MR) is 67.9 cm³/mol. The molecule has 1 heterocycles. The molecule has 0 fully saturated rings. The monoisotopic (exact) mass is 340 g/mol. The predicted octanol–water partition coefficient (Wildman–Crippen LogP) is 2.06.